The number of carbonyl (C=O) groups excluding carboxylic acids is 1. The zero-order valence-electron chi connectivity index (χ0n) is 12.7. The summed E-state index contributed by atoms with van der Waals surface area (Å²) in [7, 11) is 0. The molecule has 0 amide bonds. The highest BCUT2D eigenvalue weighted by Crippen LogP contribution is 2.29. The second-order valence-corrected chi connectivity index (χ2v) is 5.45. The maximum absolute atomic E-state index is 12.5. The molecule has 4 heteroatoms. The van der Waals surface area contributed by atoms with E-state index >= 15 is 0 Å². The van der Waals surface area contributed by atoms with Gasteiger partial charge in [0.05, 0.1) is 5.56 Å². The highest BCUT2D eigenvalue weighted by Gasteiger charge is 2.30. The smallest absolute Gasteiger partial charge is 0.294 e. The molecule has 2 aromatic rings. The third-order valence-electron chi connectivity index (χ3n) is 3.46. The topological polar surface area (TPSA) is 17.1 Å². The van der Waals surface area contributed by atoms with E-state index in [1.165, 1.54) is 12.1 Å². The average molecular weight is 318 g/mol. The number of halogens is 3. The van der Waals surface area contributed by atoms with E-state index in [1.54, 1.807) is 0 Å². The number of hydrogen-bond acceptors (Lipinski definition) is 1. The van der Waals surface area contributed by atoms with Crippen LogP contribution in [-0.2, 0) is 6.18 Å². The van der Waals surface area contributed by atoms with Gasteiger partial charge in [0.2, 0.25) is 0 Å². The minimum atomic E-state index is -4.38. The molecule has 1 nitrogen and oxygen atoms in total. The van der Waals surface area contributed by atoms with Crippen LogP contribution in [0.1, 0.15) is 34.8 Å². The van der Waals surface area contributed by atoms with Crippen molar-refractivity contribution in [3.05, 3.63) is 77.4 Å². The lowest BCUT2D eigenvalue weighted by molar-refractivity contribution is -0.137. The van der Waals surface area contributed by atoms with Crippen LogP contribution in [0.25, 0.3) is 6.08 Å². The summed E-state index contributed by atoms with van der Waals surface area (Å²) < 4.78 is 37.5. The molecule has 0 unspecified atom stereocenters. The van der Waals surface area contributed by atoms with Crippen LogP contribution < -0.4 is 0 Å². The minimum Gasteiger partial charge on any atom is -0.294 e. The lowest BCUT2D eigenvalue weighted by Gasteiger charge is -2.08. The van der Waals surface area contributed by atoms with E-state index in [-0.39, 0.29) is 18.1 Å². The molecule has 0 N–H and O–H groups in total. The molecule has 120 valence electrons. The molecule has 0 saturated heterocycles. The first-order valence-electron chi connectivity index (χ1n) is 7.30. The molecule has 0 fully saturated rings. The highest BCUT2D eigenvalue weighted by atomic mass is 19.4. The molecule has 0 aromatic heterocycles. The molecule has 0 radical (unpaired) electrons. The molecule has 1 atom stereocenters. The van der Waals surface area contributed by atoms with Gasteiger partial charge in [-0.1, -0.05) is 61.5 Å². The summed E-state index contributed by atoms with van der Waals surface area (Å²) in [6, 6.07) is 14.1. The van der Waals surface area contributed by atoms with Crippen LogP contribution in [0.3, 0.4) is 0 Å². The molecule has 2 rings (SSSR count). The lowest BCUT2D eigenvalue weighted by atomic mass is 9.98. The van der Waals surface area contributed by atoms with Crippen LogP contribution in [0.5, 0.6) is 0 Å². The zero-order valence-corrected chi connectivity index (χ0v) is 12.7. The maximum atomic E-state index is 12.5. The SMILES string of the molecule is C[C@H](/C=C/c1ccccc1)CC(=O)c1ccc(C(F)(F)F)cc1. The average Bonchev–Trinajstić information content (AvgIpc) is 2.53. The number of Topliss-reactive ketones (excluding diaryl/α,β-unsaturated/α-hetero) is 1. The monoisotopic (exact) mass is 318 g/mol. The summed E-state index contributed by atoms with van der Waals surface area (Å²) in [6.07, 6.45) is -0.260. The van der Waals surface area contributed by atoms with Crippen molar-refractivity contribution in [1.29, 1.82) is 0 Å². The first-order valence-corrected chi connectivity index (χ1v) is 7.30. The standard InChI is InChI=1S/C19H17F3O/c1-14(7-8-15-5-3-2-4-6-15)13-18(23)16-9-11-17(12-10-16)19(20,21)22/h2-12,14H,13H2,1H3/b8-7+/t14-/m1/s1. The van der Waals surface area contributed by atoms with Crippen molar-refractivity contribution in [2.45, 2.75) is 19.5 Å². The second kappa shape index (κ2) is 7.27. The summed E-state index contributed by atoms with van der Waals surface area (Å²) in [4.78, 5) is 12.1. The number of carbonyl (C=O) groups is 1. The number of hydrogen-bond donors (Lipinski definition) is 0. The number of benzene rings is 2. The van der Waals surface area contributed by atoms with E-state index < -0.39 is 11.7 Å². The van der Waals surface area contributed by atoms with Gasteiger partial charge >= 0.3 is 6.18 Å². The predicted molar refractivity (Wildman–Crippen MR) is 85.0 cm³/mol. The molecule has 2 aromatic carbocycles. The van der Waals surface area contributed by atoms with Gasteiger partial charge in [0.1, 0.15) is 0 Å². The van der Waals surface area contributed by atoms with Crippen LogP contribution in [0, 0.1) is 5.92 Å². The van der Waals surface area contributed by atoms with Crippen molar-refractivity contribution in [2.24, 2.45) is 5.92 Å². The molecule has 0 saturated carbocycles. The fourth-order valence-electron chi connectivity index (χ4n) is 2.16. The van der Waals surface area contributed by atoms with Gasteiger partial charge in [-0.3, -0.25) is 4.79 Å². The largest absolute Gasteiger partial charge is 0.416 e. The fourth-order valence-corrected chi connectivity index (χ4v) is 2.16. The molecule has 0 aliphatic heterocycles. The summed E-state index contributed by atoms with van der Waals surface area (Å²) in [5, 5.41) is 0. The summed E-state index contributed by atoms with van der Waals surface area (Å²) in [5.74, 6) is -0.158. The molecule has 23 heavy (non-hydrogen) atoms. The number of allylic oxidation sites excluding steroid dienone is 1. The van der Waals surface area contributed by atoms with Gasteiger partial charge in [-0.2, -0.15) is 13.2 Å². The van der Waals surface area contributed by atoms with Crippen LogP contribution in [0.4, 0.5) is 13.2 Å². The highest BCUT2D eigenvalue weighted by molar-refractivity contribution is 5.96. The molecule has 0 spiro atoms. The van der Waals surface area contributed by atoms with Crippen molar-refractivity contribution in [3.8, 4) is 0 Å². The quantitative estimate of drug-likeness (QED) is 0.653. The predicted octanol–water partition coefficient (Wildman–Crippen LogP) is 5.63. The van der Waals surface area contributed by atoms with Gasteiger partial charge in [0, 0.05) is 12.0 Å². The Labute approximate surface area is 133 Å². The number of ketones is 1. The van der Waals surface area contributed by atoms with Crippen molar-refractivity contribution >= 4 is 11.9 Å². The minimum absolute atomic E-state index is 0.00463. The van der Waals surface area contributed by atoms with Gasteiger partial charge in [0.25, 0.3) is 0 Å². The first kappa shape index (κ1) is 17.0. The van der Waals surface area contributed by atoms with Crippen molar-refractivity contribution in [2.75, 3.05) is 0 Å². The zero-order chi connectivity index (χ0) is 16.9. The van der Waals surface area contributed by atoms with Gasteiger partial charge in [0.15, 0.2) is 5.78 Å². The summed E-state index contributed by atoms with van der Waals surface area (Å²) >= 11 is 0. The molecule has 0 aliphatic carbocycles. The number of rotatable bonds is 5. The lowest BCUT2D eigenvalue weighted by Crippen LogP contribution is -2.07. The van der Waals surface area contributed by atoms with E-state index in [0.29, 0.717) is 5.56 Å². The molecular weight excluding hydrogens is 301 g/mol. The Morgan fingerprint density at radius 3 is 2.22 bits per heavy atom. The van der Waals surface area contributed by atoms with E-state index in [2.05, 4.69) is 0 Å². The first-order chi connectivity index (χ1) is 10.9. The second-order valence-electron chi connectivity index (χ2n) is 5.45. The third-order valence-corrected chi connectivity index (χ3v) is 3.46. The third kappa shape index (κ3) is 5.09. The molecule has 0 heterocycles. The molecule has 0 bridgehead atoms. The van der Waals surface area contributed by atoms with Crippen molar-refractivity contribution < 1.29 is 18.0 Å². The van der Waals surface area contributed by atoms with Gasteiger partial charge in [-0.25, -0.2) is 0 Å². The van der Waals surface area contributed by atoms with Crippen molar-refractivity contribution in [3.63, 3.8) is 0 Å². The summed E-state index contributed by atoms with van der Waals surface area (Å²) in [6.45, 7) is 1.90. The Bertz CT molecular complexity index is 670. The normalized spacial score (nSPS) is 13.2. The Hall–Kier alpha value is -2.36. The Balaban J connectivity index is 1.97. The van der Waals surface area contributed by atoms with Crippen LogP contribution >= 0.6 is 0 Å². The number of alkyl halides is 3. The van der Waals surface area contributed by atoms with E-state index in [0.717, 1.165) is 17.7 Å². The molecular formula is C19H17F3O. The van der Waals surface area contributed by atoms with E-state index in [9.17, 15) is 18.0 Å². The maximum Gasteiger partial charge on any atom is 0.416 e. The van der Waals surface area contributed by atoms with Crippen LogP contribution in [0.2, 0.25) is 0 Å². The van der Waals surface area contributed by atoms with Crippen LogP contribution in [0.15, 0.2) is 60.7 Å². The van der Waals surface area contributed by atoms with Crippen molar-refractivity contribution in [1.82, 2.24) is 0 Å². The van der Waals surface area contributed by atoms with Crippen LogP contribution in [-0.4, -0.2) is 5.78 Å². The Morgan fingerprint density at radius 2 is 1.65 bits per heavy atom. The van der Waals surface area contributed by atoms with Gasteiger partial charge in [-0.05, 0) is 23.6 Å². The van der Waals surface area contributed by atoms with Gasteiger partial charge < -0.3 is 0 Å². The van der Waals surface area contributed by atoms with E-state index in [4.69, 9.17) is 0 Å². The Kier molecular flexibility index (Phi) is 5.37. The summed E-state index contributed by atoms with van der Waals surface area (Å²) in [5.41, 5.74) is 0.602. The molecule has 0 aliphatic rings. The van der Waals surface area contributed by atoms with Gasteiger partial charge in [-0.15, -0.1) is 0 Å². The Morgan fingerprint density at radius 1 is 1.04 bits per heavy atom. The van der Waals surface area contributed by atoms with E-state index in [1.807, 2.05) is 49.4 Å². The fraction of sp³-hybridized carbons (Fsp3) is 0.211.